The third kappa shape index (κ3) is 6.70. The van der Waals surface area contributed by atoms with Crippen LogP contribution in [0.5, 0.6) is 0 Å². The molecule has 7 N–H and O–H groups in total. The molecule has 0 radical (unpaired) electrons. The second-order valence-corrected chi connectivity index (χ2v) is 9.28. The molecule has 9 atom stereocenters. The highest BCUT2D eigenvalue weighted by atomic mass is 16.7. The van der Waals surface area contributed by atoms with Gasteiger partial charge >= 0.3 is 0 Å². The number of rotatable bonds is 10. The number of hydrogen-bond acceptors (Lipinski definition) is 13. The highest BCUT2D eigenvalue weighted by molar-refractivity contribution is 4.89. The van der Waals surface area contributed by atoms with Gasteiger partial charge in [-0.1, -0.05) is 6.08 Å². The van der Waals surface area contributed by atoms with E-state index in [4.69, 9.17) is 14.5 Å². The van der Waals surface area contributed by atoms with E-state index in [1.807, 2.05) is 0 Å². The number of aliphatic hydroxyl groups is 7. The lowest BCUT2D eigenvalue weighted by Gasteiger charge is -2.46. The standard InChI is InChI=1S/C21H39N3O10/c1-2-3-32-22-4-14(11-26)20(30)17(8-22)34-24-6-15(12-27)21(31)18(9-24)33-23-5-13(10-25)19(29)16(28)7-23/h2,13-21,25-31H,1,3-12H2/t13-,14-,15-,16-,17-,18-,19-,20-,21-/m1/s1. The van der Waals surface area contributed by atoms with Crippen molar-refractivity contribution in [2.75, 3.05) is 65.7 Å². The summed E-state index contributed by atoms with van der Waals surface area (Å²) in [4.78, 5) is 17.5. The number of hydroxylamine groups is 6. The Morgan fingerprint density at radius 2 is 1.09 bits per heavy atom. The maximum Gasteiger partial charge on any atom is 0.120 e. The van der Waals surface area contributed by atoms with Crippen LogP contribution in [0.25, 0.3) is 0 Å². The van der Waals surface area contributed by atoms with Gasteiger partial charge in [-0.25, -0.2) is 0 Å². The number of hydrogen-bond donors (Lipinski definition) is 7. The van der Waals surface area contributed by atoms with Crippen molar-refractivity contribution in [3.63, 3.8) is 0 Å². The molecule has 3 heterocycles. The van der Waals surface area contributed by atoms with Crippen LogP contribution in [0.3, 0.4) is 0 Å². The first-order chi connectivity index (χ1) is 16.3. The van der Waals surface area contributed by atoms with Crippen LogP contribution in [0.1, 0.15) is 0 Å². The van der Waals surface area contributed by atoms with Gasteiger partial charge in [-0.3, -0.25) is 14.5 Å². The van der Waals surface area contributed by atoms with Crippen LogP contribution in [0.15, 0.2) is 12.7 Å². The smallest absolute Gasteiger partial charge is 0.120 e. The zero-order chi connectivity index (χ0) is 24.8. The van der Waals surface area contributed by atoms with Crippen LogP contribution in [-0.2, 0) is 14.5 Å². The van der Waals surface area contributed by atoms with Crippen molar-refractivity contribution >= 4 is 0 Å². The van der Waals surface area contributed by atoms with Gasteiger partial charge < -0.3 is 35.7 Å². The Labute approximate surface area is 198 Å². The van der Waals surface area contributed by atoms with Crippen molar-refractivity contribution in [1.82, 2.24) is 15.2 Å². The largest absolute Gasteiger partial charge is 0.396 e. The first-order valence-electron chi connectivity index (χ1n) is 11.7. The molecule has 0 aromatic carbocycles. The molecule has 13 heteroatoms. The van der Waals surface area contributed by atoms with Crippen LogP contribution in [-0.4, -0.2) is 153 Å². The van der Waals surface area contributed by atoms with Crippen LogP contribution in [0, 0.1) is 17.8 Å². The van der Waals surface area contributed by atoms with Gasteiger partial charge in [0.2, 0.25) is 0 Å². The molecule has 0 amide bonds. The molecule has 198 valence electrons. The van der Waals surface area contributed by atoms with Crippen LogP contribution >= 0.6 is 0 Å². The van der Waals surface area contributed by atoms with E-state index in [1.165, 1.54) is 10.1 Å². The van der Waals surface area contributed by atoms with Gasteiger partial charge in [0.1, 0.15) is 12.2 Å². The minimum absolute atomic E-state index is 0.0132. The Bertz CT molecular complexity index is 634. The average Bonchev–Trinajstić information content (AvgIpc) is 2.83. The molecule has 3 aliphatic rings. The lowest BCUT2D eigenvalue weighted by molar-refractivity contribution is -0.329. The summed E-state index contributed by atoms with van der Waals surface area (Å²) in [7, 11) is 0. The molecule has 0 aromatic rings. The number of nitrogens with zero attached hydrogens (tertiary/aromatic N) is 3. The maximum absolute atomic E-state index is 10.7. The Morgan fingerprint density at radius 3 is 1.59 bits per heavy atom. The molecule has 0 unspecified atom stereocenters. The Hall–Kier alpha value is -0.780. The van der Waals surface area contributed by atoms with E-state index in [9.17, 15) is 35.7 Å². The van der Waals surface area contributed by atoms with Gasteiger partial charge in [-0.05, 0) is 0 Å². The van der Waals surface area contributed by atoms with E-state index in [0.29, 0.717) is 6.54 Å². The van der Waals surface area contributed by atoms with Gasteiger partial charge in [0, 0.05) is 57.2 Å². The fourth-order valence-corrected chi connectivity index (χ4v) is 4.69. The molecule has 3 fully saturated rings. The molecular weight excluding hydrogens is 454 g/mol. The zero-order valence-electron chi connectivity index (χ0n) is 19.2. The van der Waals surface area contributed by atoms with E-state index < -0.39 is 54.4 Å². The first-order valence-corrected chi connectivity index (χ1v) is 11.7. The Morgan fingerprint density at radius 1 is 0.647 bits per heavy atom. The third-order valence-corrected chi connectivity index (χ3v) is 6.72. The van der Waals surface area contributed by atoms with Crippen molar-refractivity contribution in [3.8, 4) is 0 Å². The van der Waals surface area contributed by atoms with E-state index in [2.05, 4.69) is 6.58 Å². The lowest BCUT2D eigenvalue weighted by atomic mass is 9.93. The molecule has 0 aliphatic carbocycles. The third-order valence-electron chi connectivity index (χ3n) is 6.72. The molecule has 0 aromatic heterocycles. The molecule has 3 rings (SSSR count). The van der Waals surface area contributed by atoms with Crippen LogP contribution in [0.4, 0.5) is 0 Å². The summed E-state index contributed by atoms with van der Waals surface area (Å²) in [5.41, 5.74) is 0. The van der Waals surface area contributed by atoms with Crippen LogP contribution < -0.4 is 0 Å². The highest BCUT2D eigenvalue weighted by Gasteiger charge is 2.44. The summed E-state index contributed by atoms with van der Waals surface area (Å²) in [6.45, 7) is 3.92. The summed E-state index contributed by atoms with van der Waals surface area (Å²) < 4.78 is 0. The quantitative estimate of drug-likeness (QED) is 0.146. The summed E-state index contributed by atoms with van der Waals surface area (Å²) in [5, 5.41) is 74.9. The van der Waals surface area contributed by atoms with E-state index in [1.54, 1.807) is 11.1 Å². The van der Waals surface area contributed by atoms with Crippen molar-refractivity contribution in [2.45, 2.75) is 36.6 Å². The molecule has 3 saturated heterocycles. The first kappa shape index (κ1) is 27.8. The van der Waals surface area contributed by atoms with Gasteiger partial charge in [0.25, 0.3) is 0 Å². The summed E-state index contributed by atoms with van der Waals surface area (Å²) in [6.07, 6.45) is -4.18. The maximum atomic E-state index is 10.7. The van der Waals surface area contributed by atoms with E-state index in [-0.39, 0.29) is 59.2 Å². The molecule has 0 spiro atoms. The normalized spacial score (nSPS) is 41.0. The second kappa shape index (κ2) is 13.0. The van der Waals surface area contributed by atoms with E-state index >= 15 is 0 Å². The summed E-state index contributed by atoms with van der Waals surface area (Å²) >= 11 is 0. The Kier molecular flexibility index (Phi) is 10.6. The fourth-order valence-electron chi connectivity index (χ4n) is 4.69. The zero-order valence-corrected chi connectivity index (χ0v) is 19.2. The second-order valence-electron chi connectivity index (χ2n) is 9.28. The average molecular weight is 494 g/mol. The minimum atomic E-state index is -1.12. The predicted octanol–water partition coefficient (Wildman–Crippen LogP) is -4.08. The summed E-state index contributed by atoms with van der Waals surface area (Å²) in [5.74, 6) is -1.70. The number of piperidine rings is 3. The molecule has 13 nitrogen and oxygen atoms in total. The lowest BCUT2D eigenvalue weighted by Crippen LogP contribution is -2.61. The van der Waals surface area contributed by atoms with Crippen molar-refractivity contribution in [3.05, 3.63) is 12.7 Å². The fraction of sp³-hybridized carbons (Fsp3) is 0.905. The molecule has 0 bridgehead atoms. The topological polar surface area (TPSA) is 179 Å². The molecular formula is C21H39N3O10. The van der Waals surface area contributed by atoms with Crippen LogP contribution in [0.2, 0.25) is 0 Å². The molecule has 3 aliphatic heterocycles. The van der Waals surface area contributed by atoms with Crippen molar-refractivity contribution in [2.24, 2.45) is 17.8 Å². The predicted molar refractivity (Wildman–Crippen MR) is 116 cm³/mol. The van der Waals surface area contributed by atoms with Gasteiger partial charge in [0.05, 0.1) is 50.7 Å². The number of β-amino-alcohol motifs (C(OH)–C–C–N with tert-alkyl or cyclic N) is 1. The minimum Gasteiger partial charge on any atom is -0.396 e. The van der Waals surface area contributed by atoms with Crippen molar-refractivity contribution in [1.29, 1.82) is 0 Å². The van der Waals surface area contributed by atoms with E-state index in [0.717, 1.165) is 0 Å². The number of aliphatic hydroxyl groups excluding tert-OH is 7. The monoisotopic (exact) mass is 493 g/mol. The van der Waals surface area contributed by atoms with Gasteiger partial charge in [0.15, 0.2) is 0 Å². The Balaban J connectivity index is 1.65. The van der Waals surface area contributed by atoms with Crippen molar-refractivity contribution < 1.29 is 50.3 Å². The molecule has 0 saturated carbocycles. The summed E-state index contributed by atoms with van der Waals surface area (Å²) in [6, 6.07) is 0. The SMILES string of the molecule is C=CCON1C[C@H](CO)[C@@H](O)[C@H](ON2C[C@H](CO)[C@@H](O)[C@H](ON3C[C@H](CO)[C@@H](O)[C@H](O)C3)C2)C1. The molecule has 34 heavy (non-hydrogen) atoms. The van der Waals surface area contributed by atoms with Gasteiger partial charge in [-0.2, -0.15) is 15.2 Å². The highest BCUT2D eigenvalue weighted by Crippen LogP contribution is 2.27. The van der Waals surface area contributed by atoms with Gasteiger partial charge in [-0.15, -0.1) is 6.58 Å².